The molecule has 0 spiro atoms. The Balaban J connectivity index is 2.49. The first-order chi connectivity index (χ1) is 28.0. The molecule has 0 amide bonds. The van der Waals surface area contributed by atoms with E-state index in [1.54, 1.807) is 0 Å². The standard InChI is InChI=1S/C45H76O12S/c1-3-5-7-9-11-13-15-17-19-21-23-25-27-29-31-33-40(46)54-35-38(36-55-45-44(50)43(49)42(48)39(57-45)37-58(51,52)53)56-41(47)34-32-30-28-26-24-22-20-18-16-14-12-10-8-6-4-2/h6,8,11-14,17-20,38-39,42-45,48-50H,3-5,7,9-10,15-16,21-37H2,1-2H3,(H,51,52,53)/b8-6+,13-11+,14-12+,19-17+,20-18+/t38-,39-,42-,43?,44?,45+/m1/s1. The quantitative estimate of drug-likeness (QED) is 0.0207. The van der Waals surface area contributed by atoms with Gasteiger partial charge in [-0.15, -0.1) is 0 Å². The Morgan fingerprint density at radius 3 is 1.62 bits per heavy atom. The zero-order chi connectivity index (χ0) is 42.7. The van der Waals surface area contributed by atoms with E-state index in [2.05, 4.69) is 74.6 Å². The fourth-order valence-corrected chi connectivity index (χ4v) is 6.88. The summed E-state index contributed by atoms with van der Waals surface area (Å²) in [5.74, 6) is -2.03. The second kappa shape index (κ2) is 35.1. The lowest BCUT2D eigenvalue weighted by Gasteiger charge is -2.40. The minimum atomic E-state index is -4.61. The third-order valence-electron chi connectivity index (χ3n) is 9.58. The number of aliphatic hydroxyl groups is 3. The summed E-state index contributed by atoms with van der Waals surface area (Å²) in [6, 6.07) is 0. The van der Waals surface area contributed by atoms with Crippen LogP contribution in [-0.2, 0) is 38.7 Å². The average molecular weight is 841 g/mol. The van der Waals surface area contributed by atoms with E-state index in [0.29, 0.717) is 12.8 Å². The summed E-state index contributed by atoms with van der Waals surface area (Å²) < 4.78 is 54.0. The van der Waals surface area contributed by atoms with Gasteiger partial charge in [0.1, 0.15) is 36.8 Å². The van der Waals surface area contributed by atoms with Crippen LogP contribution >= 0.6 is 0 Å². The third kappa shape index (κ3) is 29.5. The van der Waals surface area contributed by atoms with Crippen LogP contribution in [0.15, 0.2) is 60.8 Å². The van der Waals surface area contributed by atoms with Gasteiger partial charge >= 0.3 is 11.9 Å². The van der Waals surface area contributed by atoms with Gasteiger partial charge in [0.2, 0.25) is 0 Å². The molecule has 0 aliphatic carbocycles. The molecule has 1 aliphatic rings. The van der Waals surface area contributed by atoms with Crippen molar-refractivity contribution < 1.29 is 56.8 Å². The van der Waals surface area contributed by atoms with Crippen LogP contribution in [-0.4, -0.2) is 96.0 Å². The van der Waals surface area contributed by atoms with Gasteiger partial charge < -0.3 is 34.3 Å². The summed E-state index contributed by atoms with van der Waals surface area (Å²) in [6.07, 6.45) is 32.6. The number of aliphatic hydroxyl groups excluding tert-OH is 3. The lowest BCUT2D eigenvalue weighted by Crippen LogP contribution is -2.60. The van der Waals surface area contributed by atoms with Crippen molar-refractivity contribution in [1.82, 2.24) is 0 Å². The van der Waals surface area contributed by atoms with Gasteiger partial charge in [-0.3, -0.25) is 14.1 Å². The number of carbonyl (C=O) groups is 2. The van der Waals surface area contributed by atoms with Crippen LogP contribution in [0.3, 0.4) is 0 Å². The zero-order valence-corrected chi connectivity index (χ0v) is 36.2. The summed E-state index contributed by atoms with van der Waals surface area (Å²) in [7, 11) is -4.61. The Morgan fingerprint density at radius 1 is 0.603 bits per heavy atom. The van der Waals surface area contributed by atoms with E-state index in [-0.39, 0.29) is 19.4 Å². The smallest absolute Gasteiger partial charge is 0.306 e. The van der Waals surface area contributed by atoms with Gasteiger partial charge in [0.15, 0.2) is 12.4 Å². The first-order valence-corrected chi connectivity index (χ1v) is 23.5. The fourth-order valence-electron chi connectivity index (χ4n) is 6.19. The molecule has 0 aromatic carbocycles. The van der Waals surface area contributed by atoms with Gasteiger partial charge in [-0.05, 0) is 77.0 Å². The molecule has 13 heteroatoms. The third-order valence-corrected chi connectivity index (χ3v) is 10.3. The molecule has 1 saturated heterocycles. The normalized spacial score (nSPS) is 21.0. The summed E-state index contributed by atoms with van der Waals surface area (Å²) in [4.78, 5) is 25.4. The highest BCUT2D eigenvalue weighted by atomic mass is 32.2. The minimum Gasteiger partial charge on any atom is -0.462 e. The van der Waals surface area contributed by atoms with E-state index in [1.165, 1.54) is 19.3 Å². The number of hydrogen-bond donors (Lipinski definition) is 4. The largest absolute Gasteiger partial charge is 0.462 e. The average Bonchev–Trinajstić information content (AvgIpc) is 3.18. The first kappa shape index (κ1) is 53.4. The molecule has 2 unspecified atom stereocenters. The predicted octanol–water partition coefficient (Wildman–Crippen LogP) is 8.56. The van der Waals surface area contributed by atoms with Gasteiger partial charge in [0.25, 0.3) is 10.1 Å². The minimum absolute atomic E-state index is 0.139. The topological polar surface area (TPSA) is 186 Å². The van der Waals surface area contributed by atoms with Gasteiger partial charge in [0, 0.05) is 12.8 Å². The van der Waals surface area contributed by atoms with Crippen molar-refractivity contribution in [2.24, 2.45) is 0 Å². The van der Waals surface area contributed by atoms with Gasteiger partial charge in [0.05, 0.1) is 6.61 Å². The molecule has 1 fully saturated rings. The monoisotopic (exact) mass is 841 g/mol. The second-order valence-corrected chi connectivity index (χ2v) is 16.5. The predicted molar refractivity (Wildman–Crippen MR) is 229 cm³/mol. The molecule has 1 heterocycles. The summed E-state index contributed by atoms with van der Waals surface area (Å²) in [5, 5.41) is 30.8. The lowest BCUT2D eigenvalue weighted by molar-refractivity contribution is -0.297. The van der Waals surface area contributed by atoms with E-state index in [1.807, 2.05) is 0 Å². The molecule has 0 aromatic rings. The van der Waals surface area contributed by atoms with Crippen molar-refractivity contribution >= 4 is 22.1 Å². The number of unbranched alkanes of at least 4 members (excludes halogenated alkanes) is 13. The van der Waals surface area contributed by atoms with Crippen molar-refractivity contribution in [3.63, 3.8) is 0 Å². The molecule has 1 aliphatic heterocycles. The zero-order valence-electron chi connectivity index (χ0n) is 35.4. The maximum atomic E-state index is 12.8. The molecule has 4 N–H and O–H groups in total. The van der Waals surface area contributed by atoms with E-state index in [4.69, 9.17) is 18.9 Å². The maximum Gasteiger partial charge on any atom is 0.306 e. The van der Waals surface area contributed by atoms with Crippen molar-refractivity contribution in [3.05, 3.63) is 60.8 Å². The number of ether oxygens (including phenoxy) is 4. The van der Waals surface area contributed by atoms with Crippen LogP contribution in [0.5, 0.6) is 0 Å². The second-order valence-electron chi connectivity index (χ2n) is 15.0. The van der Waals surface area contributed by atoms with Gasteiger partial charge in [-0.1, -0.05) is 126 Å². The molecule has 1 rings (SSSR count). The Morgan fingerprint density at radius 2 is 1.09 bits per heavy atom. The molecule has 6 atom stereocenters. The van der Waals surface area contributed by atoms with E-state index < -0.39 is 71.2 Å². The van der Waals surface area contributed by atoms with Crippen molar-refractivity contribution in [2.45, 2.75) is 192 Å². The Bertz CT molecular complexity index is 1310. The van der Waals surface area contributed by atoms with Crippen molar-refractivity contribution in [2.75, 3.05) is 19.0 Å². The van der Waals surface area contributed by atoms with Gasteiger partial charge in [-0.2, -0.15) is 8.42 Å². The molecular formula is C45H76O12S. The molecule has 0 aromatic heterocycles. The van der Waals surface area contributed by atoms with Crippen LogP contribution in [0.4, 0.5) is 0 Å². The highest BCUT2D eigenvalue weighted by Gasteiger charge is 2.46. The Kier molecular flexibility index (Phi) is 32.3. The van der Waals surface area contributed by atoms with Gasteiger partial charge in [-0.25, -0.2) is 0 Å². The summed E-state index contributed by atoms with van der Waals surface area (Å²) in [6.45, 7) is 3.58. The van der Waals surface area contributed by atoms with Crippen molar-refractivity contribution in [1.29, 1.82) is 0 Å². The highest BCUT2D eigenvalue weighted by molar-refractivity contribution is 7.85. The molecule has 334 valence electrons. The van der Waals surface area contributed by atoms with Crippen LogP contribution in [0.2, 0.25) is 0 Å². The highest BCUT2D eigenvalue weighted by Crippen LogP contribution is 2.24. The molecular weight excluding hydrogens is 765 g/mol. The van der Waals surface area contributed by atoms with Crippen LogP contribution in [0.1, 0.15) is 155 Å². The Hall–Kier alpha value is -2.65. The number of esters is 2. The molecule has 0 saturated carbocycles. The molecule has 12 nitrogen and oxygen atoms in total. The number of carbonyl (C=O) groups excluding carboxylic acids is 2. The SMILES string of the molecule is CC/C=C/C/C=C/C/C=C/CCCCCCCC(=O)O[C@H](COC(=O)CCCCCCC/C=C/C/C=C/CCCCC)CO[C@H]1O[C@H](CS(=O)(=O)O)[C@@H](O)C(O)C1O. The maximum absolute atomic E-state index is 12.8. The molecule has 58 heavy (non-hydrogen) atoms. The molecule has 0 radical (unpaired) electrons. The molecule has 0 bridgehead atoms. The van der Waals surface area contributed by atoms with E-state index >= 15 is 0 Å². The van der Waals surface area contributed by atoms with Crippen LogP contribution < -0.4 is 0 Å². The van der Waals surface area contributed by atoms with Crippen molar-refractivity contribution in [3.8, 4) is 0 Å². The van der Waals surface area contributed by atoms with E-state index in [0.717, 1.165) is 96.3 Å². The first-order valence-electron chi connectivity index (χ1n) is 21.8. The van der Waals surface area contributed by atoms with Crippen LogP contribution in [0, 0.1) is 0 Å². The summed E-state index contributed by atoms with van der Waals surface area (Å²) in [5.41, 5.74) is 0. The summed E-state index contributed by atoms with van der Waals surface area (Å²) >= 11 is 0. The van der Waals surface area contributed by atoms with Crippen LogP contribution in [0.25, 0.3) is 0 Å². The van der Waals surface area contributed by atoms with E-state index in [9.17, 15) is 37.9 Å². The number of allylic oxidation sites excluding steroid dienone is 10. The lowest BCUT2D eigenvalue weighted by atomic mass is 10.00. The fraction of sp³-hybridized carbons (Fsp3) is 0.733. The number of hydrogen-bond acceptors (Lipinski definition) is 11. The Labute approximate surface area is 349 Å². The number of rotatable bonds is 35.